The van der Waals surface area contributed by atoms with Crippen molar-refractivity contribution in [3.8, 4) is 0 Å². The first-order valence-electron chi connectivity index (χ1n) is 11.6. The van der Waals surface area contributed by atoms with E-state index < -0.39 is 0 Å². The van der Waals surface area contributed by atoms with Crippen LogP contribution in [0.4, 0.5) is 5.82 Å². The molecule has 5 heterocycles. The highest BCUT2D eigenvalue weighted by Gasteiger charge is 2.24. The Hall–Kier alpha value is -2.17. The molecule has 11 heteroatoms. The molecule has 1 saturated heterocycles. The van der Waals surface area contributed by atoms with Crippen LogP contribution in [0, 0.1) is 6.92 Å². The van der Waals surface area contributed by atoms with E-state index in [1.165, 1.54) is 16.0 Å². The fourth-order valence-corrected chi connectivity index (χ4v) is 6.26. The maximum absolute atomic E-state index is 13.2. The van der Waals surface area contributed by atoms with E-state index in [9.17, 15) is 4.79 Å². The summed E-state index contributed by atoms with van der Waals surface area (Å²) in [6.07, 6.45) is 2.67. The summed E-state index contributed by atoms with van der Waals surface area (Å²) in [7, 11) is 2.13. The standard InChI is InChI=1S/C24H28N6O2S.2ClH/c1-16-3-4-19-18(13-16)22(26-32-19)29-10-7-28(8-11-29)9-12-30-15-25-23-21(24(30)31)17-5-6-27(2)14-20(17)33-23;;/h3-4,13,15H,5-12,14H2,1-2H3;2*1H. The Kier molecular flexibility index (Phi) is 7.73. The molecule has 0 spiro atoms. The molecule has 35 heavy (non-hydrogen) atoms. The topological polar surface area (TPSA) is 70.6 Å². The first-order valence-corrected chi connectivity index (χ1v) is 12.4. The lowest BCUT2D eigenvalue weighted by molar-refractivity contribution is 0.246. The molecule has 6 rings (SSSR count). The Labute approximate surface area is 220 Å². The van der Waals surface area contributed by atoms with Crippen LogP contribution in [0.25, 0.3) is 21.2 Å². The molecule has 0 amide bonds. The van der Waals surface area contributed by atoms with Gasteiger partial charge in [-0.3, -0.25) is 14.3 Å². The molecule has 0 radical (unpaired) electrons. The third-order valence-corrected chi connectivity index (χ3v) is 8.08. The Balaban J connectivity index is 0.00000144. The minimum absolute atomic E-state index is 0. The largest absolute Gasteiger partial charge is 0.354 e. The predicted octanol–water partition coefficient (Wildman–Crippen LogP) is 3.56. The molecule has 2 aliphatic heterocycles. The first-order chi connectivity index (χ1) is 16.1. The van der Waals surface area contributed by atoms with Crippen LogP contribution < -0.4 is 10.5 Å². The normalized spacial score (nSPS) is 16.8. The quantitative estimate of drug-likeness (QED) is 0.394. The summed E-state index contributed by atoms with van der Waals surface area (Å²) in [5.74, 6) is 0.937. The van der Waals surface area contributed by atoms with E-state index in [0.29, 0.717) is 6.54 Å². The Morgan fingerprint density at radius 3 is 2.69 bits per heavy atom. The van der Waals surface area contributed by atoms with Gasteiger partial charge in [0.2, 0.25) is 0 Å². The average molecular weight is 538 g/mol. The summed E-state index contributed by atoms with van der Waals surface area (Å²) in [4.78, 5) is 27.1. The fraction of sp³-hybridized carbons (Fsp3) is 0.458. The van der Waals surface area contributed by atoms with Crippen molar-refractivity contribution < 1.29 is 4.52 Å². The summed E-state index contributed by atoms with van der Waals surface area (Å²) in [6.45, 7) is 9.17. The number of halogens is 2. The zero-order chi connectivity index (χ0) is 22.5. The minimum atomic E-state index is 0. The number of rotatable bonds is 4. The molecule has 2 aliphatic rings. The number of thiophene rings is 1. The smallest absolute Gasteiger partial charge is 0.262 e. The van der Waals surface area contributed by atoms with Crippen LogP contribution >= 0.6 is 36.2 Å². The van der Waals surface area contributed by atoms with E-state index in [0.717, 1.165) is 79.2 Å². The molecule has 1 fully saturated rings. The molecule has 4 aromatic rings. The number of fused-ring (bicyclic) bond motifs is 4. The second kappa shape index (κ2) is 10.4. The van der Waals surface area contributed by atoms with Gasteiger partial charge in [0.05, 0.1) is 17.1 Å². The van der Waals surface area contributed by atoms with Gasteiger partial charge in [-0.1, -0.05) is 16.8 Å². The van der Waals surface area contributed by atoms with E-state index in [2.05, 4.69) is 44.9 Å². The number of hydrogen-bond donors (Lipinski definition) is 0. The highest BCUT2D eigenvalue weighted by Crippen LogP contribution is 2.32. The van der Waals surface area contributed by atoms with E-state index in [1.54, 1.807) is 22.2 Å². The molecular weight excluding hydrogens is 507 g/mol. The van der Waals surface area contributed by atoms with Crippen LogP contribution in [-0.2, 0) is 19.5 Å². The molecule has 3 aromatic heterocycles. The lowest BCUT2D eigenvalue weighted by atomic mass is 10.1. The van der Waals surface area contributed by atoms with Crippen molar-refractivity contribution in [1.82, 2.24) is 24.5 Å². The molecule has 0 bridgehead atoms. The van der Waals surface area contributed by atoms with Crippen molar-refractivity contribution in [2.24, 2.45) is 0 Å². The van der Waals surface area contributed by atoms with Crippen molar-refractivity contribution >= 4 is 63.2 Å². The molecule has 1 aromatic carbocycles. The number of piperazine rings is 1. The number of hydrogen-bond acceptors (Lipinski definition) is 8. The molecular formula is C24H30Cl2N6O2S. The van der Waals surface area contributed by atoms with E-state index in [4.69, 9.17) is 4.52 Å². The van der Waals surface area contributed by atoms with Gasteiger partial charge >= 0.3 is 0 Å². The Morgan fingerprint density at radius 2 is 1.89 bits per heavy atom. The average Bonchev–Trinajstić information content (AvgIpc) is 3.40. The SMILES string of the molecule is Cc1ccc2onc(N3CCN(CCn4cnc5sc6c(c5c4=O)CCN(C)C6)CC3)c2c1.Cl.Cl. The number of anilines is 1. The van der Waals surface area contributed by atoms with Crippen molar-refractivity contribution in [2.45, 2.75) is 26.4 Å². The van der Waals surface area contributed by atoms with Gasteiger partial charge in [0.15, 0.2) is 11.4 Å². The number of aromatic nitrogens is 3. The maximum Gasteiger partial charge on any atom is 0.262 e. The summed E-state index contributed by atoms with van der Waals surface area (Å²) in [5.41, 5.74) is 3.39. The van der Waals surface area contributed by atoms with Crippen molar-refractivity contribution in [2.75, 3.05) is 51.2 Å². The third kappa shape index (κ3) is 4.80. The molecule has 0 aliphatic carbocycles. The van der Waals surface area contributed by atoms with Gasteiger partial charge < -0.3 is 14.3 Å². The van der Waals surface area contributed by atoms with Gasteiger partial charge in [0.1, 0.15) is 4.83 Å². The monoisotopic (exact) mass is 536 g/mol. The van der Waals surface area contributed by atoms with Gasteiger partial charge in [-0.25, -0.2) is 4.98 Å². The summed E-state index contributed by atoms with van der Waals surface area (Å²) in [5, 5.41) is 6.26. The van der Waals surface area contributed by atoms with Crippen molar-refractivity contribution in [3.05, 3.63) is 50.9 Å². The maximum atomic E-state index is 13.2. The molecule has 8 nitrogen and oxygen atoms in total. The number of likely N-dealkylation sites (N-methyl/N-ethyl adjacent to an activating group) is 1. The van der Waals surface area contributed by atoms with Gasteiger partial charge in [0, 0.05) is 57.2 Å². The fourth-order valence-electron chi connectivity index (χ4n) is 5.01. The van der Waals surface area contributed by atoms with Crippen molar-refractivity contribution in [1.29, 1.82) is 0 Å². The lowest BCUT2D eigenvalue weighted by Gasteiger charge is -2.34. The van der Waals surface area contributed by atoms with Crippen LogP contribution in [0.1, 0.15) is 16.0 Å². The molecule has 0 saturated carbocycles. The van der Waals surface area contributed by atoms with Gasteiger partial charge in [0.25, 0.3) is 5.56 Å². The summed E-state index contributed by atoms with van der Waals surface area (Å²) >= 11 is 1.68. The molecule has 188 valence electrons. The summed E-state index contributed by atoms with van der Waals surface area (Å²) < 4.78 is 7.32. The second-order valence-electron chi connectivity index (χ2n) is 9.25. The van der Waals surface area contributed by atoms with Gasteiger partial charge in [-0.2, -0.15) is 0 Å². The Bertz CT molecular complexity index is 1390. The van der Waals surface area contributed by atoms with Crippen LogP contribution in [0.15, 0.2) is 33.8 Å². The van der Waals surface area contributed by atoms with E-state index in [1.807, 2.05) is 12.1 Å². The Morgan fingerprint density at radius 1 is 1.09 bits per heavy atom. The summed E-state index contributed by atoms with van der Waals surface area (Å²) in [6, 6.07) is 6.18. The zero-order valence-corrected chi connectivity index (χ0v) is 22.3. The highest BCUT2D eigenvalue weighted by molar-refractivity contribution is 7.18. The number of aryl methyl sites for hydroxylation is 1. The lowest BCUT2D eigenvalue weighted by Crippen LogP contribution is -2.47. The van der Waals surface area contributed by atoms with Crippen molar-refractivity contribution in [3.63, 3.8) is 0 Å². The van der Waals surface area contributed by atoms with Crippen LogP contribution in [0.2, 0.25) is 0 Å². The highest BCUT2D eigenvalue weighted by atomic mass is 35.5. The first kappa shape index (κ1) is 25.9. The van der Waals surface area contributed by atoms with Gasteiger partial charge in [-0.05, 0) is 38.1 Å². The molecule has 0 atom stereocenters. The zero-order valence-electron chi connectivity index (χ0n) is 19.9. The number of nitrogens with zero attached hydrogens (tertiary/aromatic N) is 6. The van der Waals surface area contributed by atoms with E-state index >= 15 is 0 Å². The van der Waals surface area contributed by atoms with Gasteiger partial charge in [-0.15, -0.1) is 36.2 Å². The molecule has 0 unspecified atom stereocenters. The van der Waals surface area contributed by atoms with Crippen LogP contribution in [0.3, 0.4) is 0 Å². The van der Waals surface area contributed by atoms with Crippen LogP contribution in [0.5, 0.6) is 0 Å². The third-order valence-electron chi connectivity index (χ3n) is 6.95. The number of benzene rings is 1. The van der Waals surface area contributed by atoms with E-state index in [-0.39, 0.29) is 30.4 Å². The molecule has 0 N–H and O–H groups in total. The minimum Gasteiger partial charge on any atom is -0.354 e. The van der Waals surface area contributed by atoms with Crippen LogP contribution in [-0.4, -0.2) is 70.8 Å². The second-order valence-corrected chi connectivity index (χ2v) is 10.3. The predicted molar refractivity (Wildman–Crippen MR) is 146 cm³/mol.